The normalized spacial score (nSPS) is 23.0. The van der Waals surface area contributed by atoms with Crippen molar-refractivity contribution in [1.29, 1.82) is 0 Å². The summed E-state index contributed by atoms with van der Waals surface area (Å²) in [5.74, 6) is -0.308. The highest BCUT2D eigenvalue weighted by molar-refractivity contribution is 5.95. The molecule has 1 aliphatic rings. The van der Waals surface area contributed by atoms with Crippen LogP contribution in [0.3, 0.4) is 0 Å². The minimum atomic E-state index is -0.954. The Morgan fingerprint density at radius 2 is 1.86 bits per heavy atom. The third-order valence-electron chi connectivity index (χ3n) is 5.73. The zero-order valence-corrected chi connectivity index (χ0v) is 18.4. The molecule has 6 heteroatoms. The first kappa shape index (κ1) is 23.1. The number of carbonyl (C=O) groups excluding carboxylic acids is 3. The lowest BCUT2D eigenvalue weighted by Gasteiger charge is -2.27. The lowest BCUT2D eigenvalue weighted by Crippen LogP contribution is -2.55. The van der Waals surface area contributed by atoms with Crippen LogP contribution in [0.15, 0.2) is 24.3 Å². The summed E-state index contributed by atoms with van der Waals surface area (Å²) in [6, 6.07) is 7.65. The SMILES string of the molecule is CC(CCNC(=O)c1ccc(C(C)(C)C)cc1)CC(=O)NC1(C)C(=O)COC1C. The topological polar surface area (TPSA) is 84.5 Å². The Balaban J connectivity index is 1.76. The molecule has 0 radical (unpaired) electrons. The van der Waals surface area contributed by atoms with Crippen molar-refractivity contribution in [3.8, 4) is 0 Å². The molecule has 0 aromatic heterocycles. The second-order valence-electron chi connectivity index (χ2n) is 9.31. The zero-order valence-electron chi connectivity index (χ0n) is 18.4. The molecule has 3 atom stereocenters. The minimum absolute atomic E-state index is 0.0380. The molecule has 0 bridgehead atoms. The van der Waals surface area contributed by atoms with Gasteiger partial charge in [-0.3, -0.25) is 14.4 Å². The molecule has 2 N–H and O–H groups in total. The van der Waals surface area contributed by atoms with E-state index in [1.54, 1.807) is 13.8 Å². The van der Waals surface area contributed by atoms with Gasteiger partial charge in [-0.25, -0.2) is 0 Å². The summed E-state index contributed by atoms with van der Waals surface area (Å²) in [4.78, 5) is 36.6. The first-order chi connectivity index (χ1) is 13.4. The number of hydrogen-bond donors (Lipinski definition) is 2. The highest BCUT2D eigenvalue weighted by Gasteiger charge is 2.46. The maximum Gasteiger partial charge on any atom is 0.251 e. The van der Waals surface area contributed by atoms with Crippen LogP contribution >= 0.6 is 0 Å². The van der Waals surface area contributed by atoms with Crippen LogP contribution in [0, 0.1) is 5.92 Å². The van der Waals surface area contributed by atoms with Crippen molar-refractivity contribution in [2.75, 3.05) is 13.2 Å². The van der Waals surface area contributed by atoms with E-state index in [1.807, 2.05) is 31.2 Å². The van der Waals surface area contributed by atoms with Crippen LogP contribution in [0.5, 0.6) is 0 Å². The average molecular weight is 403 g/mol. The Morgan fingerprint density at radius 3 is 2.38 bits per heavy atom. The van der Waals surface area contributed by atoms with Gasteiger partial charge in [0.15, 0.2) is 5.78 Å². The molecule has 1 heterocycles. The van der Waals surface area contributed by atoms with Crippen LogP contribution < -0.4 is 10.6 Å². The second-order valence-corrected chi connectivity index (χ2v) is 9.31. The fourth-order valence-corrected chi connectivity index (χ4v) is 3.33. The molecule has 1 aliphatic heterocycles. The number of Topliss-reactive ketones (excluding diaryl/α,β-unsaturated/α-hetero) is 1. The van der Waals surface area contributed by atoms with Crippen molar-refractivity contribution in [3.05, 3.63) is 35.4 Å². The average Bonchev–Trinajstić information content (AvgIpc) is 2.88. The van der Waals surface area contributed by atoms with E-state index in [2.05, 4.69) is 31.4 Å². The predicted octanol–water partition coefficient (Wildman–Crippen LogP) is 2.99. The summed E-state index contributed by atoms with van der Waals surface area (Å²) in [7, 11) is 0. The number of ketones is 1. The number of benzene rings is 1. The molecule has 2 amide bonds. The van der Waals surface area contributed by atoms with Crippen molar-refractivity contribution >= 4 is 17.6 Å². The van der Waals surface area contributed by atoms with Crippen LogP contribution in [0.4, 0.5) is 0 Å². The zero-order chi connectivity index (χ0) is 21.8. The Hall–Kier alpha value is -2.21. The van der Waals surface area contributed by atoms with Gasteiger partial charge in [0.25, 0.3) is 5.91 Å². The largest absolute Gasteiger partial charge is 0.368 e. The van der Waals surface area contributed by atoms with Gasteiger partial charge in [-0.1, -0.05) is 39.8 Å². The summed E-state index contributed by atoms with van der Waals surface area (Å²) in [6.07, 6.45) is 0.639. The van der Waals surface area contributed by atoms with E-state index < -0.39 is 5.54 Å². The summed E-state index contributed by atoms with van der Waals surface area (Å²) in [5, 5.41) is 5.74. The van der Waals surface area contributed by atoms with Crippen LogP contribution in [0.1, 0.15) is 70.3 Å². The third-order valence-corrected chi connectivity index (χ3v) is 5.73. The highest BCUT2D eigenvalue weighted by Crippen LogP contribution is 2.23. The molecule has 1 aromatic carbocycles. The van der Waals surface area contributed by atoms with Gasteiger partial charge >= 0.3 is 0 Å². The summed E-state index contributed by atoms with van der Waals surface area (Å²) < 4.78 is 5.33. The number of amides is 2. The Labute approximate surface area is 173 Å². The Kier molecular flexibility index (Phi) is 7.22. The lowest BCUT2D eigenvalue weighted by atomic mass is 9.87. The number of rotatable bonds is 7. The van der Waals surface area contributed by atoms with Gasteiger partial charge in [0.1, 0.15) is 12.1 Å². The van der Waals surface area contributed by atoms with Crippen molar-refractivity contribution in [3.63, 3.8) is 0 Å². The van der Waals surface area contributed by atoms with E-state index in [0.29, 0.717) is 24.9 Å². The third kappa shape index (κ3) is 5.89. The molecule has 0 aliphatic carbocycles. The van der Waals surface area contributed by atoms with E-state index in [-0.39, 0.29) is 41.6 Å². The molecule has 0 saturated carbocycles. The standard InChI is InChI=1S/C23H34N2O4/c1-15(13-20(27)25-23(6)16(2)29-14-19(23)26)11-12-24-21(28)17-7-9-18(10-8-17)22(3,4)5/h7-10,15-16H,11-14H2,1-6H3,(H,24,28)(H,25,27). The molecule has 160 valence electrons. The first-order valence-corrected chi connectivity index (χ1v) is 10.3. The molecule has 1 fully saturated rings. The van der Waals surface area contributed by atoms with Crippen LogP contribution in [-0.4, -0.2) is 42.4 Å². The minimum Gasteiger partial charge on any atom is -0.368 e. The number of ether oxygens (including phenoxy) is 1. The molecule has 3 unspecified atom stereocenters. The van der Waals surface area contributed by atoms with Gasteiger partial charge in [0.2, 0.25) is 5.91 Å². The van der Waals surface area contributed by atoms with Crippen molar-refractivity contribution in [2.45, 2.75) is 71.4 Å². The van der Waals surface area contributed by atoms with Crippen LogP contribution in [-0.2, 0) is 19.7 Å². The molecular formula is C23H34N2O4. The number of hydrogen-bond acceptors (Lipinski definition) is 4. The summed E-state index contributed by atoms with van der Waals surface area (Å²) in [6.45, 7) is 12.4. The fourth-order valence-electron chi connectivity index (χ4n) is 3.33. The van der Waals surface area contributed by atoms with E-state index >= 15 is 0 Å². The molecule has 1 aromatic rings. The molecule has 6 nitrogen and oxygen atoms in total. The molecule has 2 rings (SSSR count). The van der Waals surface area contributed by atoms with Crippen molar-refractivity contribution in [2.24, 2.45) is 5.92 Å². The monoisotopic (exact) mass is 402 g/mol. The van der Waals surface area contributed by atoms with E-state index in [4.69, 9.17) is 4.74 Å². The number of nitrogens with one attached hydrogen (secondary N) is 2. The summed E-state index contributed by atoms with van der Waals surface area (Å²) in [5.41, 5.74) is 0.909. The quantitative estimate of drug-likeness (QED) is 0.734. The number of carbonyl (C=O) groups is 3. The van der Waals surface area contributed by atoms with E-state index in [0.717, 1.165) is 0 Å². The van der Waals surface area contributed by atoms with E-state index in [1.165, 1.54) is 5.56 Å². The highest BCUT2D eigenvalue weighted by atomic mass is 16.5. The summed E-state index contributed by atoms with van der Waals surface area (Å²) >= 11 is 0. The second kappa shape index (κ2) is 9.08. The van der Waals surface area contributed by atoms with Gasteiger partial charge in [-0.05, 0) is 49.3 Å². The van der Waals surface area contributed by atoms with Gasteiger partial charge in [0.05, 0.1) is 6.10 Å². The predicted molar refractivity (Wildman–Crippen MR) is 113 cm³/mol. The van der Waals surface area contributed by atoms with Crippen LogP contribution in [0.25, 0.3) is 0 Å². The lowest BCUT2D eigenvalue weighted by molar-refractivity contribution is -0.130. The van der Waals surface area contributed by atoms with Gasteiger partial charge < -0.3 is 15.4 Å². The van der Waals surface area contributed by atoms with Crippen LogP contribution in [0.2, 0.25) is 0 Å². The molecule has 0 spiro atoms. The Bertz CT molecular complexity index is 751. The first-order valence-electron chi connectivity index (χ1n) is 10.3. The maximum absolute atomic E-state index is 12.3. The fraction of sp³-hybridized carbons (Fsp3) is 0.609. The van der Waals surface area contributed by atoms with E-state index in [9.17, 15) is 14.4 Å². The van der Waals surface area contributed by atoms with Gasteiger partial charge in [-0.15, -0.1) is 0 Å². The molecular weight excluding hydrogens is 368 g/mol. The van der Waals surface area contributed by atoms with Gasteiger partial charge in [0, 0.05) is 18.5 Å². The smallest absolute Gasteiger partial charge is 0.251 e. The Morgan fingerprint density at radius 1 is 1.24 bits per heavy atom. The van der Waals surface area contributed by atoms with Gasteiger partial charge in [-0.2, -0.15) is 0 Å². The van der Waals surface area contributed by atoms with Crippen molar-refractivity contribution in [1.82, 2.24) is 10.6 Å². The molecule has 1 saturated heterocycles. The molecule has 29 heavy (non-hydrogen) atoms. The van der Waals surface area contributed by atoms with Crippen molar-refractivity contribution < 1.29 is 19.1 Å². The maximum atomic E-state index is 12.3.